The third kappa shape index (κ3) is 2.69. The van der Waals surface area contributed by atoms with Crippen LogP contribution in [0.4, 0.5) is 5.69 Å². The first kappa shape index (κ1) is 14.2. The lowest BCUT2D eigenvalue weighted by Crippen LogP contribution is -2.54. The molecule has 106 valence electrons. The van der Waals surface area contributed by atoms with Gasteiger partial charge in [-0.05, 0) is 37.1 Å². The molecule has 0 saturated carbocycles. The topological polar surface area (TPSA) is 47.7 Å². The van der Waals surface area contributed by atoms with Crippen LogP contribution in [0.25, 0.3) is 0 Å². The molecule has 1 aromatic rings. The van der Waals surface area contributed by atoms with E-state index in [-0.39, 0.29) is 5.41 Å². The van der Waals surface area contributed by atoms with E-state index in [0.717, 1.165) is 36.6 Å². The minimum atomic E-state index is 0.122. The van der Waals surface area contributed by atoms with Gasteiger partial charge in [0.15, 0.2) is 0 Å². The van der Waals surface area contributed by atoms with Crippen molar-refractivity contribution >= 4 is 5.69 Å². The lowest BCUT2D eigenvalue weighted by atomic mass is 9.85. The highest BCUT2D eigenvalue weighted by Crippen LogP contribution is 2.32. The zero-order valence-electron chi connectivity index (χ0n) is 12.3. The molecule has 19 heavy (non-hydrogen) atoms. The second-order valence-corrected chi connectivity index (χ2v) is 5.67. The molecule has 0 radical (unpaired) electrons. The van der Waals surface area contributed by atoms with Crippen molar-refractivity contribution in [2.45, 2.75) is 13.8 Å². The van der Waals surface area contributed by atoms with E-state index in [9.17, 15) is 0 Å². The molecule has 1 heterocycles. The van der Waals surface area contributed by atoms with Crippen LogP contribution in [0.5, 0.6) is 5.75 Å². The Labute approximate surface area is 115 Å². The van der Waals surface area contributed by atoms with E-state index in [1.54, 1.807) is 7.11 Å². The van der Waals surface area contributed by atoms with Gasteiger partial charge < -0.3 is 20.1 Å². The molecular formula is C15H24N2O2. The van der Waals surface area contributed by atoms with Crippen molar-refractivity contribution in [1.82, 2.24) is 0 Å². The number of methoxy groups -OCH3 is 1. The molecule has 0 unspecified atom stereocenters. The quantitative estimate of drug-likeness (QED) is 0.880. The zero-order chi connectivity index (χ0) is 14.0. The van der Waals surface area contributed by atoms with E-state index in [2.05, 4.69) is 37.9 Å². The van der Waals surface area contributed by atoms with Gasteiger partial charge in [-0.15, -0.1) is 0 Å². The molecule has 1 fully saturated rings. The Balaban J connectivity index is 2.17. The van der Waals surface area contributed by atoms with Crippen molar-refractivity contribution in [3.63, 3.8) is 0 Å². The SMILES string of the molecule is COc1c(C)cc(N(C)CC2(CN)COC2)cc1C. The number of nitrogens with zero attached hydrogens (tertiary/aromatic N) is 1. The highest BCUT2D eigenvalue weighted by molar-refractivity contribution is 5.56. The molecule has 1 aliphatic rings. The van der Waals surface area contributed by atoms with E-state index >= 15 is 0 Å². The number of hydrogen-bond donors (Lipinski definition) is 1. The standard InChI is InChI=1S/C15H24N2O2/c1-11-5-13(6-12(2)14(11)18-4)17(3)8-15(7-16)9-19-10-15/h5-6H,7-10,16H2,1-4H3. The molecule has 1 aliphatic heterocycles. The van der Waals surface area contributed by atoms with Crippen molar-refractivity contribution in [3.05, 3.63) is 23.3 Å². The molecule has 0 amide bonds. The fraction of sp³-hybridized carbons (Fsp3) is 0.600. The number of hydrogen-bond acceptors (Lipinski definition) is 4. The van der Waals surface area contributed by atoms with Gasteiger partial charge >= 0.3 is 0 Å². The van der Waals surface area contributed by atoms with Gasteiger partial charge in [0, 0.05) is 31.2 Å². The minimum absolute atomic E-state index is 0.122. The number of aryl methyl sites for hydroxylation is 2. The van der Waals surface area contributed by atoms with Crippen LogP contribution >= 0.6 is 0 Å². The summed E-state index contributed by atoms with van der Waals surface area (Å²) in [6.07, 6.45) is 0. The van der Waals surface area contributed by atoms with Crippen LogP contribution in [0.1, 0.15) is 11.1 Å². The van der Waals surface area contributed by atoms with Crippen LogP contribution in [-0.2, 0) is 4.74 Å². The second-order valence-electron chi connectivity index (χ2n) is 5.67. The summed E-state index contributed by atoms with van der Waals surface area (Å²) >= 11 is 0. The van der Waals surface area contributed by atoms with Crippen molar-refractivity contribution < 1.29 is 9.47 Å². The van der Waals surface area contributed by atoms with Gasteiger partial charge in [0.05, 0.1) is 20.3 Å². The van der Waals surface area contributed by atoms with Gasteiger partial charge in [-0.1, -0.05) is 0 Å². The van der Waals surface area contributed by atoms with Gasteiger partial charge in [0.1, 0.15) is 5.75 Å². The summed E-state index contributed by atoms with van der Waals surface area (Å²) in [6.45, 7) is 7.28. The molecule has 2 rings (SSSR count). The predicted molar refractivity (Wildman–Crippen MR) is 78.0 cm³/mol. The first-order valence-electron chi connectivity index (χ1n) is 6.65. The number of benzene rings is 1. The molecule has 0 aliphatic carbocycles. The van der Waals surface area contributed by atoms with E-state index in [1.165, 1.54) is 5.69 Å². The van der Waals surface area contributed by atoms with Gasteiger partial charge in [-0.3, -0.25) is 0 Å². The fourth-order valence-corrected chi connectivity index (χ4v) is 2.73. The summed E-state index contributed by atoms with van der Waals surface area (Å²) in [4.78, 5) is 2.26. The largest absolute Gasteiger partial charge is 0.496 e. The average molecular weight is 264 g/mol. The average Bonchev–Trinajstić information content (AvgIpc) is 2.33. The lowest BCUT2D eigenvalue weighted by molar-refractivity contribution is -0.101. The molecule has 0 aromatic heterocycles. The Morgan fingerprint density at radius 2 is 1.89 bits per heavy atom. The van der Waals surface area contributed by atoms with E-state index in [0.29, 0.717) is 6.54 Å². The van der Waals surface area contributed by atoms with Crippen molar-refractivity contribution in [3.8, 4) is 5.75 Å². The summed E-state index contributed by atoms with van der Waals surface area (Å²) in [5.41, 5.74) is 9.53. The Morgan fingerprint density at radius 1 is 1.32 bits per heavy atom. The van der Waals surface area contributed by atoms with Crippen LogP contribution in [0.3, 0.4) is 0 Å². The number of anilines is 1. The summed E-state index contributed by atoms with van der Waals surface area (Å²) in [6, 6.07) is 4.32. The molecule has 0 bridgehead atoms. The van der Waals surface area contributed by atoms with Crippen molar-refractivity contribution in [2.24, 2.45) is 11.1 Å². The van der Waals surface area contributed by atoms with Gasteiger partial charge in [-0.25, -0.2) is 0 Å². The van der Waals surface area contributed by atoms with Crippen LogP contribution in [0, 0.1) is 19.3 Å². The van der Waals surface area contributed by atoms with Gasteiger partial charge in [-0.2, -0.15) is 0 Å². The van der Waals surface area contributed by atoms with E-state index in [4.69, 9.17) is 15.2 Å². The number of nitrogens with two attached hydrogens (primary N) is 1. The summed E-state index contributed by atoms with van der Waals surface area (Å²) in [5.74, 6) is 0.970. The van der Waals surface area contributed by atoms with Crippen LogP contribution in [0.15, 0.2) is 12.1 Å². The lowest BCUT2D eigenvalue weighted by Gasteiger charge is -2.43. The van der Waals surface area contributed by atoms with E-state index in [1.807, 2.05) is 0 Å². The molecule has 0 spiro atoms. The summed E-state index contributed by atoms with van der Waals surface area (Å²) < 4.78 is 10.7. The third-order valence-corrected chi connectivity index (χ3v) is 3.91. The van der Waals surface area contributed by atoms with Crippen LogP contribution in [0.2, 0.25) is 0 Å². The Hall–Kier alpha value is -1.26. The van der Waals surface area contributed by atoms with Crippen LogP contribution in [-0.4, -0.2) is 40.5 Å². The Bertz CT molecular complexity index is 427. The molecular weight excluding hydrogens is 240 g/mol. The molecule has 1 saturated heterocycles. The normalized spacial score (nSPS) is 16.9. The predicted octanol–water partition coefficient (Wildman–Crippen LogP) is 1.72. The van der Waals surface area contributed by atoms with Gasteiger partial charge in [0.2, 0.25) is 0 Å². The molecule has 4 nitrogen and oxygen atoms in total. The second kappa shape index (κ2) is 5.39. The highest BCUT2D eigenvalue weighted by atomic mass is 16.5. The van der Waals surface area contributed by atoms with Crippen LogP contribution < -0.4 is 15.4 Å². The maximum absolute atomic E-state index is 5.87. The fourth-order valence-electron chi connectivity index (χ4n) is 2.73. The van der Waals surface area contributed by atoms with Crippen molar-refractivity contribution in [1.29, 1.82) is 0 Å². The maximum atomic E-state index is 5.87. The third-order valence-electron chi connectivity index (χ3n) is 3.91. The molecule has 4 heteroatoms. The number of rotatable bonds is 5. The smallest absolute Gasteiger partial charge is 0.124 e. The van der Waals surface area contributed by atoms with Crippen molar-refractivity contribution in [2.75, 3.05) is 45.4 Å². The Morgan fingerprint density at radius 3 is 2.26 bits per heavy atom. The molecule has 0 atom stereocenters. The first-order chi connectivity index (χ1) is 9.01. The maximum Gasteiger partial charge on any atom is 0.124 e. The van der Waals surface area contributed by atoms with E-state index < -0.39 is 0 Å². The van der Waals surface area contributed by atoms with Gasteiger partial charge in [0.25, 0.3) is 0 Å². The summed E-state index contributed by atoms with van der Waals surface area (Å²) in [5, 5.41) is 0. The molecule has 2 N–H and O–H groups in total. The Kier molecular flexibility index (Phi) is 4.02. The number of ether oxygens (including phenoxy) is 2. The summed E-state index contributed by atoms with van der Waals surface area (Å²) in [7, 11) is 3.82. The zero-order valence-corrected chi connectivity index (χ0v) is 12.3. The highest BCUT2D eigenvalue weighted by Gasteiger charge is 2.38. The minimum Gasteiger partial charge on any atom is -0.496 e. The first-order valence-corrected chi connectivity index (χ1v) is 6.65. The molecule has 1 aromatic carbocycles. The monoisotopic (exact) mass is 264 g/mol.